The Morgan fingerprint density at radius 2 is 1.38 bits per heavy atom. The number of carbonyl (C=O) groups is 4. The number of carbonyl (C=O) groups excluding carboxylic acids is 3. The number of alkyl carbamates (subject to hydrolysis) is 1. The molecule has 4 amide bonds. The molecule has 3 N–H and O–H groups in total. The molecule has 290 valence electrons. The number of benzene rings is 4. The Balaban J connectivity index is 1.36. The molecule has 0 radical (unpaired) electrons. The molecule has 13 heteroatoms. The first kappa shape index (κ1) is 40.7. The minimum atomic E-state index is -1.45. The van der Waals surface area contributed by atoms with Gasteiger partial charge < -0.3 is 34.9 Å². The zero-order chi connectivity index (χ0) is 39.3. The second kappa shape index (κ2) is 19.8. The van der Waals surface area contributed by atoms with Crippen molar-refractivity contribution in [1.29, 1.82) is 0 Å². The van der Waals surface area contributed by atoms with Crippen LogP contribution in [-0.2, 0) is 36.8 Å². The molecule has 0 bridgehead atoms. The van der Waals surface area contributed by atoms with Crippen molar-refractivity contribution in [3.8, 4) is 11.1 Å². The minimum absolute atomic E-state index is 0.0257. The molecular formula is C42H47ClN4O8. The molecule has 0 spiro atoms. The number of carboxylic acid groups (broad SMARTS) is 1. The van der Waals surface area contributed by atoms with Crippen molar-refractivity contribution >= 4 is 35.6 Å². The predicted octanol–water partition coefficient (Wildman–Crippen LogP) is 6.31. The van der Waals surface area contributed by atoms with Gasteiger partial charge in [-0.05, 0) is 59.4 Å². The third kappa shape index (κ3) is 10.8. The number of rotatable bonds is 18. The van der Waals surface area contributed by atoms with E-state index >= 15 is 0 Å². The molecule has 0 aliphatic heterocycles. The van der Waals surface area contributed by atoms with Gasteiger partial charge in [-0.25, -0.2) is 9.59 Å². The molecule has 4 aromatic carbocycles. The second-order valence-corrected chi connectivity index (χ2v) is 13.5. The highest BCUT2D eigenvalue weighted by Crippen LogP contribution is 2.44. The van der Waals surface area contributed by atoms with Crippen molar-refractivity contribution in [2.75, 3.05) is 40.0 Å². The van der Waals surface area contributed by atoms with E-state index in [1.807, 2.05) is 62.4 Å². The smallest absolute Gasteiger partial charge is 0.408 e. The first-order valence-corrected chi connectivity index (χ1v) is 18.6. The zero-order valence-electron chi connectivity index (χ0n) is 31.2. The van der Waals surface area contributed by atoms with Crippen LogP contribution >= 0.6 is 11.6 Å². The van der Waals surface area contributed by atoms with Crippen molar-refractivity contribution in [3.05, 3.63) is 130 Å². The highest BCUT2D eigenvalue weighted by atomic mass is 35.5. The summed E-state index contributed by atoms with van der Waals surface area (Å²) in [7, 11) is 1.57. The molecule has 0 saturated carbocycles. The van der Waals surface area contributed by atoms with Gasteiger partial charge in [-0.1, -0.05) is 103 Å². The maximum Gasteiger partial charge on any atom is 0.408 e. The lowest BCUT2D eigenvalue weighted by molar-refractivity contribution is -0.158. The highest BCUT2D eigenvalue weighted by molar-refractivity contribution is 6.30. The topological polar surface area (TPSA) is 147 Å². The zero-order valence-corrected chi connectivity index (χ0v) is 31.9. The summed E-state index contributed by atoms with van der Waals surface area (Å²) in [4.78, 5) is 56.7. The molecule has 0 heterocycles. The summed E-state index contributed by atoms with van der Waals surface area (Å²) in [6.07, 6.45) is -2.85. The van der Waals surface area contributed by atoms with Gasteiger partial charge in [0.05, 0.1) is 13.1 Å². The fourth-order valence-corrected chi connectivity index (χ4v) is 6.82. The van der Waals surface area contributed by atoms with E-state index in [1.54, 1.807) is 61.6 Å². The Kier molecular flexibility index (Phi) is 14.6. The first-order chi connectivity index (χ1) is 26.6. The third-order valence-corrected chi connectivity index (χ3v) is 9.63. The number of halogens is 1. The van der Waals surface area contributed by atoms with Crippen molar-refractivity contribution in [2.24, 2.45) is 0 Å². The van der Waals surface area contributed by atoms with Gasteiger partial charge in [-0.3, -0.25) is 14.5 Å². The largest absolute Gasteiger partial charge is 0.465 e. The van der Waals surface area contributed by atoms with Crippen molar-refractivity contribution in [3.63, 3.8) is 0 Å². The lowest BCUT2D eigenvalue weighted by Crippen LogP contribution is -2.58. The van der Waals surface area contributed by atoms with Crippen LogP contribution in [0.3, 0.4) is 0 Å². The van der Waals surface area contributed by atoms with Crippen LogP contribution in [0.2, 0.25) is 5.02 Å². The lowest BCUT2D eigenvalue weighted by Gasteiger charge is -2.32. The number of amides is 4. The van der Waals surface area contributed by atoms with E-state index in [1.165, 1.54) is 4.90 Å². The van der Waals surface area contributed by atoms with Gasteiger partial charge in [0.25, 0.3) is 0 Å². The average Bonchev–Trinajstić information content (AvgIpc) is 3.50. The Morgan fingerprint density at radius 1 is 0.800 bits per heavy atom. The molecule has 0 saturated heterocycles. The maximum absolute atomic E-state index is 14.3. The van der Waals surface area contributed by atoms with Crippen LogP contribution in [0.4, 0.5) is 9.59 Å². The van der Waals surface area contributed by atoms with Gasteiger partial charge in [0.1, 0.15) is 18.7 Å². The molecule has 2 unspecified atom stereocenters. The number of likely N-dealkylation sites (N-methyl/N-ethyl adjacent to an activating group) is 1. The number of ether oxygens (including phenoxy) is 3. The van der Waals surface area contributed by atoms with Gasteiger partial charge in [0.2, 0.25) is 11.8 Å². The average molecular weight is 771 g/mol. The first-order valence-electron chi connectivity index (χ1n) is 18.2. The monoisotopic (exact) mass is 770 g/mol. The minimum Gasteiger partial charge on any atom is -0.465 e. The molecule has 12 nitrogen and oxygen atoms in total. The Morgan fingerprint density at radius 3 is 1.96 bits per heavy atom. The van der Waals surface area contributed by atoms with E-state index in [0.29, 0.717) is 29.4 Å². The van der Waals surface area contributed by atoms with Gasteiger partial charge in [-0.15, -0.1) is 0 Å². The third-order valence-electron chi connectivity index (χ3n) is 9.38. The van der Waals surface area contributed by atoms with Crippen LogP contribution in [0, 0.1) is 0 Å². The lowest BCUT2D eigenvalue weighted by atomic mass is 9.98. The quantitative estimate of drug-likeness (QED) is 0.0999. The van der Waals surface area contributed by atoms with E-state index in [4.69, 9.17) is 25.8 Å². The SMILES string of the molecule is CCOC(CN(C)C(=O)C(Cc1ccc(Cl)cc1)NC(=O)C(CNC(=O)OCC1c2ccccc2-c2ccccc21)N(Cc1ccccc1)C(=O)O)OCC. The Hall–Kier alpha value is -5.43. The predicted molar refractivity (Wildman–Crippen MR) is 209 cm³/mol. The van der Waals surface area contributed by atoms with Crippen LogP contribution in [0.1, 0.15) is 42.0 Å². The van der Waals surface area contributed by atoms with E-state index in [2.05, 4.69) is 10.6 Å². The Labute approximate surface area is 326 Å². The van der Waals surface area contributed by atoms with Gasteiger partial charge in [0.15, 0.2) is 6.29 Å². The number of nitrogens with one attached hydrogen (secondary N) is 2. The summed E-state index contributed by atoms with van der Waals surface area (Å²) in [5.41, 5.74) is 5.53. The number of fused-ring (bicyclic) bond motifs is 3. The second-order valence-electron chi connectivity index (χ2n) is 13.1. The maximum atomic E-state index is 14.3. The summed E-state index contributed by atoms with van der Waals surface area (Å²) in [6, 6.07) is 28.9. The van der Waals surface area contributed by atoms with Gasteiger partial charge >= 0.3 is 12.2 Å². The summed E-state index contributed by atoms with van der Waals surface area (Å²) >= 11 is 6.12. The molecule has 2 atom stereocenters. The fraction of sp³-hybridized carbons (Fsp3) is 0.333. The number of nitrogens with zero attached hydrogens (tertiary/aromatic N) is 2. The summed E-state index contributed by atoms with van der Waals surface area (Å²) in [5, 5.41) is 16.4. The number of hydrogen-bond acceptors (Lipinski definition) is 7. The highest BCUT2D eigenvalue weighted by Gasteiger charge is 2.35. The summed E-state index contributed by atoms with van der Waals surface area (Å²) in [5.74, 6) is -1.45. The Bertz CT molecular complexity index is 1860. The molecule has 5 rings (SSSR count). The van der Waals surface area contributed by atoms with Crippen LogP contribution < -0.4 is 10.6 Å². The molecule has 0 fully saturated rings. The molecule has 1 aliphatic carbocycles. The van der Waals surface area contributed by atoms with Crippen LogP contribution in [0.25, 0.3) is 11.1 Å². The number of hydrogen-bond donors (Lipinski definition) is 3. The fourth-order valence-electron chi connectivity index (χ4n) is 6.69. The summed E-state index contributed by atoms with van der Waals surface area (Å²) in [6.45, 7) is 3.87. The molecule has 4 aromatic rings. The van der Waals surface area contributed by atoms with E-state index < -0.39 is 48.9 Å². The van der Waals surface area contributed by atoms with E-state index in [0.717, 1.165) is 27.2 Å². The van der Waals surface area contributed by atoms with Crippen LogP contribution in [0.15, 0.2) is 103 Å². The molecule has 0 aromatic heterocycles. The molecule has 1 aliphatic rings. The van der Waals surface area contributed by atoms with Crippen molar-refractivity contribution in [2.45, 2.75) is 51.1 Å². The molecule has 55 heavy (non-hydrogen) atoms. The van der Waals surface area contributed by atoms with E-state index in [-0.39, 0.29) is 32.0 Å². The molecular weight excluding hydrogens is 724 g/mol. The van der Waals surface area contributed by atoms with Gasteiger partial charge in [0, 0.05) is 44.2 Å². The standard InChI is InChI=1S/C42H47ClN4O8/c1-4-53-38(54-5-2)26-46(3)40(49)36(23-28-19-21-30(43)22-20-28)45-39(48)37(47(42(51)52)25-29-13-7-6-8-14-29)24-44-41(50)55-27-35-33-17-11-9-15-31(33)32-16-10-12-18-34(32)35/h6-22,35-38H,4-5,23-27H2,1-3H3,(H,44,50)(H,45,48)(H,51,52). The van der Waals surface area contributed by atoms with E-state index in [9.17, 15) is 24.3 Å². The van der Waals surface area contributed by atoms with Crippen molar-refractivity contribution in [1.82, 2.24) is 20.4 Å². The summed E-state index contributed by atoms with van der Waals surface area (Å²) < 4.78 is 17.0. The van der Waals surface area contributed by atoms with Crippen LogP contribution in [-0.4, -0.2) is 97.2 Å². The van der Waals surface area contributed by atoms with Crippen molar-refractivity contribution < 1.29 is 38.5 Å². The normalized spacial score (nSPS) is 13.0. The van der Waals surface area contributed by atoms with Crippen LogP contribution in [0.5, 0.6) is 0 Å². The van der Waals surface area contributed by atoms with Gasteiger partial charge in [-0.2, -0.15) is 0 Å².